The van der Waals surface area contributed by atoms with E-state index in [4.69, 9.17) is 14.2 Å². The Labute approximate surface area is 213 Å². The van der Waals surface area contributed by atoms with Crippen LogP contribution in [0.15, 0.2) is 41.6 Å². The molecule has 2 aromatic carbocycles. The van der Waals surface area contributed by atoms with Gasteiger partial charge < -0.3 is 24.1 Å². The molecule has 0 spiro atoms. The van der Waals surface area contributed by atoms with Crippen LogP contribution < -0.4 is 10.1 Å². The number of benzene rings is 2. The normalized spacial score (nSPS) is 10.6. The summed E-state index contributed by atoms with van der Waals surface area (Å²) in [5.41, 5.74) is 2.78. The second-order valence-corrected chi connectivity index (χ2v) is 8.70. The maximum Gasteiger partial charge on any atom is 0.339 e. The number of aryl methyl sites for hydroxylation is 2. The molecule has 0 atom stereocenters. The molecule has 0 radical (unpaired) electrons. The Morgan fingerprint density at radius 3 is 2.39 bits per heavy atom. The largest absolute Gasteiger partial charge is 0.486 e. The molecule has 0 aliphatic carbocycles. The summed E-state index contributed by atoms with van der Waals surface area (Å²) < 4.78 is 17.2. The Balaban J connectivity index is 1.67. The van der Waals surface area contributed by atoms with Crippen LogP contribution in [0.5, 0.6) is 5.75 Å². The predicted octanol–water partition coefficient (Wildman–Crippen LogP) is 3.80. The van der Waals surface area contributed by atoms with Crippen LogP contribution in [0.3, 0.4) is 0 Å². The lowest BCUT2D eigenvalue weighted by Gasteiger charge is -2.12. The van der Waals surface area contributed by atoms with Crippen molar-refractivity contribution in [3.8, 4) is 5.75 Å². The van der Waals surface area contributed by atoms with Crippen molar-refractivity contribution in [2.75, 3.05) is 25.3 Å². The number of aromatic nitrogens is 3. The van der Waals surface area contributed by atoms with E-state index < -0.39 is 17.8 Å². The molecule has 0 saturated heterocycles. The van der Waals surface area contributed by atoms with E-state index >= 15 is 0 Å². The summed E-state index contributed by atoms with van der Waals surface area (Å²) in [5.74, 6) is -0.258. The topological polar surface area (TPSA) is 122 Å². The number of hydrogen-bond acceptors (Lipinski definition) is 9. The van der Waals surface area contributed by atoms with Crippen molar-refractivity contribution in [2.45, 2.75) is 39.1 Å². The van der Waals surface area contributed by atoms with Gasteiger partial charge in [0.15, 0.2) is 11.0 Å². The first-order valence-electron chi connectivity index (χ1n) is 11.1. The van der Waals surface area contributed by atoms with Gasteiger partial charge in [-0.2, -0.15) is 0 Å². The number of amides is 1. The number of hydrogen-bond donors (Lipinski definition) is 1. The third-order valence-electron chi connectivity index (χ3n) is 5.41. The molecule has 0 bridgehead atoms. The van der Waals surface area contributed by atoms with E-state index in [0.717, 1.165) is 11.3 Å². The quantitative estimate of drug-likeness (QED) is 0.319. The fourth-order valence-electron chi connectivity index (χ4n) is 3.30. The van der Waals surface area contributed by atoms with Crippen LogP contribution in [0.2, 0.25) is 0 Å². The molecule has 3 rings (SSSR count). The van der Waals surface area contributed by atoms with Crippen molar-refractivity contribution >= 4 is 35.3 Å². The molecule has 1 aromatic heterocycles. The van der Waals surface area contributed by atoms with Crippen molar-refractivity contribution < 1.29 is 28.6 Å². The minimum Gasteiger partial charge on any atom is -0.486 e. The van der Waals surface area contributed by atoms with Crippen molar-refractivity contribution in [3.63, 3.8) is 0 Å². The fourth-order valence-corrected chi connectivity index (χ4v) is 4.12. The molecule has 11 heteroatoms. The van der Waals surface area contributed by atoms with Crippen LogP contribution >= 0.6 is 11.8 Å². The second-order valence-electron chi connectivity index (χ2n) is 7.76. The number of rotatable bonds is 10. The Bertz CT molecular complexity index is 1270. The summed E-state index contributed by atoms with van der Waals surface area (Å²) in [7, 11) is 2.48. The van der Waals surface area contributed by atoms with Gasteiger partial charge in [-0.15, -0.1) is 10.2 Å². The van der Waals surface area contributed by atoms with Gasteiger partial charge in [0.25, 0.3) is 0 Å². The van der Waals surface area contributed by atoms with Gasteiger partial charge in [0.2, 0.25) is 5.91 Å². The van der Waals surface area contributed by atoms with Crippen LogP contribution in [-0.2, 0) is 27.4 Å². The monoisotopic (exact) mass is 512 g/mol. The molecule has 10 nitrogen and oxygen atoms in total. The number of methoxy groups -OCH3 is 2. The summed E-state index contributed by atoms with van der Waals surface area (Å²) in [4.78, 5) is 36.7. The van der Waals surface area contributed by atoms with Gasteiger partial charge in [-0.3, -0.25) is 4.79 Å². The highest BCUT2D eigenvalue weighted by Crippen LogP contribution is 2.23. The molecule has 0 saturated carbocycles. The van der Waals surface area contributed by atoms with Gasteiger partial charge in [-0.25, -0.2) is 9.59 Å². The molecular formula is C25H28N4O6S. The molecule has 0 aliphatic heterocycles. The van der Waals surface area contributed by atoms with Crippen LogP contribution in [0.4, 0.5) is 5.69 Å². The molecule has 190 valence electrons. The van der Waals surface area contributed by atoms with Crippen molar-refractivity contribution in [2.24, 2.45) is 0 Å². The van der Waals surface area contributed by atoms with E-state index in [1.54, 1.807) is 0 Å². The number of thioether (sulfide) groups is 1. The number of ether oxygens (including phenoxy) is 3. The molecule has 1 N–H and O–H groups in total. The number of anilines is 1. The summed E-state index contributed by atoms with van der Waals surface area (Å²) in [6, 6.07) is 10.1. The Kier molecular flexibility index (Phi) is 9.07. The first kappa shape index (κ1) is 26.7. The summed E-state index contributed by atoms with van der Waals surface area (Å²) >= 11 is 1.19. The lowest BCUT2D eigenvalue weighted by molar-refractivity contribution is -0.113. The second kappa shape index (κ2) is 12.2. The Morgan fingerprint density at radius 2 is 1.72 bits per heavy atom. The first-order valence-corrected chi connectivity index (χ1v) is 12.1. The smallest absolute Gasteiger partial charge is 0.339 e. The highest BCUT2D eigenvalue weighted by Gasteiger charge is 2.19. The van der Waals surface area contributed by atoms with E-state index in [-0.39, 0.29) is 29.2 Å². The molecule has 36 heavy (non-hydrogen) atoms. The minimum absolute atomic E-state index is 0.000782. The van der Waals surface area contributed by atoms with Crippen LogP contribution in [-0.4, -0.2) is 52.6 Å². The maximum absolute atomic E-state index is 12.7. The van der Waals surface area contributed by atoms with Crippen LogP contribution in [0, 0.1) is 13.8 Å². The zero-order valence-corrected chi connectivity index (χ0v) is 21.6. The maximum atomic E-state index is 12.7. The molecular weight excluding hydrogens is 484 g/mol. The standard InChI is InChI=1S/C25H28N4O6S/c1-6-29-21(13-35-18-9-7-15(2)16(3)11-18)27-28-25(29)36-14-22(30)26-20-12-17(23(31)33-4)8-10-19(20)24(32)34-5/h7-12H,6,13-14H2,1-5H3,(H,26,30). The van der Waals surface area contributed by atoms with Crippen molar-refractivity contribution in [1.29, 1.82) is 0 Å². The van der Waals surface area contributed by atoms with E-state index in [1.807, 2.05) is 43.5 Å². The Hall–Kier alpha value is -3.86. The Morgan fingerprint density at radius 1 is 0.972 bits per heavy atom. The van der Waals surface area contributed by atoms with Crippen LogP contribution in [0.1, 0.15) is 44.6 Å². The van der Waals surface area contributed by atoms with Gasteiger partial charge in [-0.1, -0.05) is 17.8 Å². The lowest BCUT2D eigenvalue weighted by Crippen LogP contribution is -2.18. The summed E-state index contributed by atoms with van der Waals surface area (Å²) in [6.45, 7) is 6.85. The number of esters is 2. The number of nitrogens with zero attached hydrogens (tertiary/aromatic N) is 3. The van der Waals surface area contributed by atoms with Gasteiger partial charge in [-0.05, 0) is 62.2 Å². The van der Waals surface area contributed by atoms with Gasteiger partial charge in [0.1, 0.15) is 12.4 Å². The lowest BCUT2D eigenvalue weighted by atomic mass is 10.1. The average molecular weight is 513 g/mol. The number of carbonyl (C=O) groups is 3. The highest BCUT2D eigenvalue weighted by atomic mass is 32.2. The van der Waals surface area contributed by atoms with E-state index in [9.17, 15) is 14.4 Å². The first-order chi connectivity index (χ1) is 17.3. The van der Waals surface area contributed by atoms with Gasteiger partial charge >= 0.3 is 11.9 Å². The van der Waals surface area contributed by atoms with Gasteiger partial charge in [0, 0.05) is 6.54 Å². The van der Waals surface area contributed by atoms with E-state index in [1.165, 1.54) is 49.7 Å². The molecule has 0 unspecified atom stereocenters. The SMILES string of the molecule is CCn1c(COc2ccc(C)c(C)c2)nnc1SCC(=O)Nc1cc(C(=O)OC)ccc1C(=O)OC. The van der Waals surface area contributed by atoms with Crippen molar-refractivity contribution in [3.05, 3.63) is 64.5 Å². The molecule has 3 aromatic rings. The summed E-state index contributed by atoms with van der Waals surface area (Å²) in [6.07, 6.45) is 0. The fraction of sp³-hybridized carbons (Fsp3) is 0.320. The predicted molar refractivity (Wildman–Crippen MR) is 134 cm³/mol. The number of nitrogens with one attached hydrogen (secondary N) is 1. The zero-order valence-electron chi connectivity index (χ0n) is 20.8. The van der Waals surface area contributed by atoms with Crippen LogP contribution in [0.25, 0.3) is 0 Å². The summed E-state index contributed by atoms with van der Waals surface area (Å²) in [5, 5.41) is 11.6. The zero-order chi connectivity index (χ0) is 26.2. The van der Waals surface area contributed by atoms with E-state index in [2.05, 4.69) is 15.5 Å². The third kappa shape index (κ3) is 6.42. The van der Waals surface area contributed by atoms with Crippen molar-refractivity contribution in [1.82, 2.24) is 14.8 Å². The van der Waals surface area contributed by atoms with Gasteiger partial charge in [0.05, 0.1) is 36.8 Å². The average Bonchev–Trinajstić information content (AvgIpc) is 3.28. The molecule has 0 aliphatic rings. The third-order valence-corrected chi connectivity index (χ3v) is 6.38. The molecule has 1 heterocycles. The van der Waals surface area contributed by atoms with E-state index in [0.29, 0.717) is 17.5 Å². The molecule has 1 amide bonds. The number of carbonyl (C=O) groups excluding carboxylic acids is 3. The minimum atomic E-state index is -0.645. The molecule has 0 fully saturated rings. The highest BCUT2D eigenvalue weighted by molar-refractivity contribution is 7.99.